The maximum atomic E-state index is 11.6. The summed E-state index contributed by atoms with van der Waals surface area (Å²) in [5, 5.41) is 0. The van der Waals surface area contributed by atoms with Gasteiger partial charge in [-0.05, 0) is 24.3 Å². The number of para-hydroxylation sites is 2. The summed E-state index contributed by atoms with van der Waals surface area (Å²) in [6, 6.07) is 16.4. The minimum Gasteiger partial charge on any atom is 1.00 e. The summed E-state index contributed by atoms with van der Waals surface area (Å²) in [4.78, 5) is 11.6. The third kappa shape index (κ3) is 7.44. The van der Waals surface area contributed by atoms with Gasteiger partial charge in [0.25, 0.3) is 0 Å². The summed E-state index contributed by atoms with van der Waals surface area (Å²) in [5.74, 6) is 0.448. The SMILES string of the molecule is O=P([O-])(Oc1ccccc1)Oc1ccccc1.[KH].[Na+]. The van der Waals surface area contributed by atoms with Gasteiger partial charge in [0.2, 0.25) is 0 Å². The van der Waals surface area contributed by atoms with Gasteiger partial charge in [-0.25, -0.2) is 4.57 Å². The third-order valence-electron chi connectivity index (χ3n) is 1.92. The summed E-state index contributed by atoms with van der Waals surface area (Å²) in [6.07, 6.45) is 0. The maximum absolute atomic E-state index is 11.6. The molecule has 2 aromatic rings. The molecule has 0 aliphatic rings. The van der Waals surface area contributed by atoms with Crippen LogP contribution in [0.4, 0.5) is 0 Å². The van der Waals surface area contributed by atoms with Gasteiger partial charge in [0.1, 0.15) is 11.5 Å². The smallest absolute Gasteiger partial charge is 1.00 e. The van der Waals surface area contributed by atoms with Gasteiger partial charge in [-0.1, -0.05) is 36.4 Å². The van der Waals surface area contributed by atoms with Gasteiger partial charge in [-0.2, -0.15) is 0 Å². The quantitative estimate of drug-likeness (QED) is 0.535. The predicted molar refractivity (Wildman–Crippen MR) is 68.9 cm³/mol. The molecule has 0 saturated carbocycles. The topological polar surface area (TPSA) is 58.6 Å². The molecule has 0 spiro atoms. The Morgan fingerprint density at radius 3 is 1.42 bits per heavy atom. The molecule has 90 valence electrons. The molecule has 0 aliphatic heterocycles. The van der Waals surface area contributed by atoms with E-state index in [0.717, 1.165) is 0 Å². The molecule has 2 rings (SSSR count). The number of benzene rings is 2. The Balaban J connectivity index is 0.00000162. The molecule has 0 atom stereocenters. The van der Waals surface area contributed by atoms with Crippen LogP contribution in [0.3, 0.4) is 0 Å². The van der Waals surface area contributed by atoms with Gasteiger partial charge in [0, 0.05) is 0 Å². The van der Waals surface area contributed by atoms with E-state index < -0.39 is 7.82 Å². The van der Waals surface area contributed by atoms with Crippen molar-refractivity contribution in [2.45, 2.75) is 0 Å². The summed E-state index contributed by atoms with van der Waals surface area (Å²) < 4.78 is 21.1. The van der Waals surface area contributed by atoms with Gasteiger partial charge in [-0.3, -0.25) is 0 Å². The number of hydrogen-bond acceptors (Lipinski definition) is 4. The monoisotopic (exact) mass is 312 g/mol. The zero-order valence-corrected chi connectivity index (χ0v) is 12.7. The average Bonchev–Trinajstić information content (AvgIpc) is 2.30. The molecule has 2 aromatic carbocycles. The molecule has 0 amide bonds. The van der Waals surface area contributed by atoms with E-state index in [0.29, 0.717) is 0 Å². The van der Waals surface area contributed by atoms with Gasteiger partial charge < -0.3 is 13.9 Å². The first-order valence-electron chi connectivity index (χ1n) is 4.96. The van der Waals surface area contributed by atoms with Crippen LogP contribution in [0.2, 0.25) is 0 Å². The van der Waals surface area contributed by atoms with Crippen LogP contribution in [0.25, 0.3) is 0 Å². The Bertz CT molecular complexity index is 478. The Morgan fingerprint density at radius 2 is 1.11 bits per heavy atom. The van der Waals surface area contributed by atoms with Crippen LogP contribution in [-0.4, -0.2) is 51.4 Å². The number of phosphoric acid groups is 1. The fourth-order valence-electron chi connectivity index (χ4n) is 1.24. The van der Waals surface area contributed by atoms with Crippen LogP contribution in [0.1, 0.15) is 0 Å². The molecule has 7 heteroatoms. The molecule has 0 radical (unpaired) electrons. The molecule has 0 N–H and O–H groups in total. The normalized spacial score (nSPS) is 9.74. The molecule has 0 saturated heterocycles. The van der Waals surface area contributed by atoms with E-state index in [1.54, 1.807) is 60.7 Å². The van der Waals surface area contributed by atoms with Crippen LogP contribution in [-0.2, 0) is 4.57 Å². The summed E-state index contributed by atoms with van der Waals surface area (Å²) in [7, 11) is -4.39. The number of hydrogen-bond donors (Lipinski definition) is 0. The molecule has 0 bridgehead atoms. The van der Waals surface area contributed by atoms with Crippen LogP contribution < -0.4 is 43.5 Å². The van der Waals surface area contributed by atoms with E-state index in [-0.39, 0.29) is 92.4 Å². The first-order valence-corrected chi connectivity index (χ1v) is 6.42. The van der Waals surface area contributed by atoms with Crippen molar-refractivity contribution in [1.82, 2.24) is 0 Å². The van der Waals surface area contributed by atoms with Crippen LogP contribution in [0.15, 0.2) is 60.7 Å². The van der Waals surface area contributed by atoms with Crippen molar-refractivity contribution in [3.63, 3.8) is 0 Å². The van der Waals surface area contributed by atoms with Crippen LogP contribution >= 0.6 is 7.82 Å². The Kier molecular flexibility index (Phi) is 10.2. The van der Waals surface area contributed by atoms with E-state index in [2.05, 4.69) is 0 Å². The van der Waals surface area contributed by atoms with E-state index in [4.69, 9.17) is 9.05 Å². The fraction of sp³-hybridized carbons (Fsp3) is 0. The van der Waals surface area contributed by atoms with E-state index in [1.807, 2.05) is 0 Å². The Labute approximate surface area is 176 Å². The van der Waals surface area contributed by atoms with Gasteiger partial charge in [0.15, 0.2) is 0 Å². The molecular formula is C12H11KNaO4P. The minimum absolute atomic E-state index is 0. The minimum atomic E-state index is -4.39. The summed E-state index contributed by atoms with van der Waals surface area (Å²) >= 11 is 0. The largest absolute Gasteiger partial charge is 1.00 e. The second-order valence-corrected chi connectivity index (χ2v) is 4.52. The molecule has 0 aliphatic carbocycles. The first kappa shape index (κ1) is 19.9. The van der Waals surface area contributed by atoms with Gasteiger partial charge >= 0.3 is 88.8 Å². The standard InChI is InChI=1S/C12H11O4P.K.Na.H/c13-17(14,15-11-7-3-1-4-8-11)16-12-9-5-2-6-10-12;;;/h1-10H,(H,13,14);;;/q;;+1;/p-1. The molecule has 4 nitrogen and oxygen atoms in total. The maximum Gasteiger partial charge on any atom is 1.00 e. The summed E-state index contributed by atoms with van der Waals surface area (Å²) in [5.41, 5.74) is 0. The van der Waals surface area contributed by atoms with Crippen LogP contribution in [0.5, 0.6) is 11.5 Å². The van der Waals surface area contributed by atoms with Crippen molar-refractivity contribution in [3.8, 4) is 11.5 Å². The van der Waals surface area contributed by atoms with E-state index >= 15 is 0 Å². The zero-order valence-electron chi connectivity index (χ0n) is 9.85. The Morgan fingerprint density at radius 1 is 0.789 bits per heavy atom. The average molecular weight is 312 g/mol. The molecule has 0 heterocycles. The fourth-order valence-corrected chi connectivity index (χ4v) is 2.04. The van der Waals surface area contributed by atoms with Crippen molar-refractivity contribution in [1.29, 1.82) is 0 Å². The van der Waals surface area contributed by atoms with Crippen molar-refractivity contribution >= 4 is 59.2 Å². The van der Waals surface area contributed by atoms with Crippen LogP contribution in [0, 0.1) is 0 Å². The van der Waals surface area contributed by atoms with E-state index in [9.17, 15) is 9.46 Å². The third-order valence-corrected chi connectivity index (χ3v) is 2.79. The second-order valence-electron chi connectivity index (χ2n) is 3.26. The molecular weight excluding hydrogens is 301 g/mol. The van der Waals surface area contributed by atoms with Gasteiger partial charge in [0.05, 0.1) is 0 Å². The summed E-state index contributed by atoms with van der Waals surface area (Å²) in [6.45, 7) is 0. The molecule has 19 heavy (non-hydrogen) atoms. The van der Waals surface area contributed by atoms with Crippen molar-refractivity contribution in [3.05, 3.63) is 60.7 Å². The second kappa shape index (κ2) is 9.74. The number of rotatable bonds is 4. The molecule has 0 fully saturated rings. The first-order chi connectivity index (χ1) is 8.16. The van der Waals surface area contributed by atoms with Crippen molar-refractivity contribution in [2.24, 2.45) is 0 Å². The zero-order chi connectivity index (χ0) is 12.1. The van der Waals surface area contributed by atoms with Crippen molar-refractivity contribution < 1.29 is 48.1 Å². The predicted octanol–water partition coefficient (Wildman–Crippen LogP) is -1.03. The van der Waals surface area contributed by atoms with E-state index in [1.165, 1.54) is 0 Å². The molecule has 0 aromatic heterocycles. The Hall–Kier alpha value is 0.866. The number of phosphoric ester groups is 1. The van der Waals surface area contributed by atoms with Crippen molar-refractivity contribution in [2.75, 3.05) is 0 Å². The van der Waals surface area contributed by atoms with Gasteiger partial charge in [-0.15, -0.1) is 0 Å². The molecule has 0 unspecified atom stereocenters.